The van der Waals surface area contributed by atoms with Crippen LogP contribution in [0.15, 0.2) is 18.3 Å². The second-order valence-electron chi connectivity index (χ2n) is 5.38. The van der Waals surface area contributed by atoms with Gasteiger partial charge in [-0.1, -0.05) is 30.4 Å². The van der Waals surface area contributed by atoms with Crippen LogP contribution in [0.3, 0.4) is 0 Å². The molecule has 6 heteroatoms. The Morgan fingerprint density at radius 3 is 2.55 bits per heavy atom. The molecule has 2 aromatic heterocycles. The maximum absolute atomic E-state index is 5.92. The summed E-state index contributed by atoms with van der Waals surface area (Å²) in [6, 6.07) is 3.66. The summed E-state index contributed by atoms with van der Waals surface area (Å²) in [5.74, 6) is 6.74. The summed E-state index contributed by atoms with van der Waals surface area (Å²) in [6.07, 6.45) is 2.29. The van der Waals surface area contributed by atoms with Crippen molar-refractivity contribution in [2.75, 3.05) is 11.5 Å². The van der Waals surface area contributed by atoms with Crippen molar-refractivity contribution in [3.05, 3.63) is 40.3 Å². The molecule has 0 radical (unpaired) electrons. The highest BCUT2D eigenvalue weighted by molar-refractivity contribution is 6.30. The van der Waals surface area contributed by atoms with Gasteiger partial charge in [0.25, 0.3) is 0 Å². The molecule has 2 rings (SSSR count). The van der Waals surface area contributed by atoms with Crippen LogP contribution in [-0.2, 0) is 11.8 Å². The second kappa shape index (κ2) is 6.20. The summed E-state index contributed by atoms with van der Waals surface area (Å²) in [4.78, 5) is 12.5. The minimum Gasteiger partial charge on any atom is -0.382 e. The van der Waals surface area contributed by atoms with Gasteiger partial charge in [-0.2, -0.15) is 4.98 Å². The molecule has 0 bridgehead atoms. The summed E-state index contributed by atoms with van der Waals surface area (Å²) in [5.41, 5.74) is 13.3. The Hall–Kier alpha value is -2.32. The van der Waals surface area contributed by atoms with Crippen molar-refractivity contribution in [1.82, 2.24) is 15.0 Å². The van der Waals surface area contributed by atoms with Gasteiger partial charge in [-0.3, -0.25) is 4.98 Å². The van der Waals surface area contributed by atoms with Crippen LogP contribution in [0.5, 0.6) is 0 Å². The van der Waals surface area contributed by atoms with Crippen molar-refractivity contribution in [3.63, 3.8) is 0 Å². The molecule has 114 valence electrons. The molecule has 0 aromatic carbocycles. The Labute approximate surface area is 135 Å². The van der Waals surface area contributed by atoms with E-state index in [4.69, 9.17) is 23.1 Å². The molecule has 0 unspecified atom stereocenters. The highest BCUT2D eigenvalue weighted by Gasteiger charge is 2.19. The Balaban J connectivity index is 2.43. The van der Waals surface area contributed by atoms with Crippen LogP contribution in [-0.4, -0.2) is 15.0 Å². The van der Waals surface area contributed by atoms with Gasteiger partial charge in [0.15, 0.2) is 0 Å². The molecule has 0 saturated carbocycles. The van der Waals surface area contributed by atoms with E-state index in [1.807, 2.05) is 26.8 Å². The lowest BCUT2D eigenvalue weighted by Gasteiger charge is -2.16. The van der Waals surface area contributed by atoms with Crippen molar-refractivity contribution in [2.45, 2.75) is 32.6 Å². The van der Waals surface area contributed by atoms with Crippen LogP contribution in [0.25, 0.3) is 0 Å². The molecule has 0 aliphatic rings. The molecule has 0 atom stereocenters. The molecule has 0 aliphatic heterocycles. The maximum Gasteiger partial charge on any atom is 0.222 e. The van der Waals surface area contributed by atoms with Gasteiger partial charge in [-0.05, 0) is 32.4 Å². The lowest BCUT2D eigenvalue weighted by Crippen LogP contribution is -2.16. The summed E-state index contributed by atoms with van der Waals surface area (Å²) in [6.45, 7) is 5.94. The maximum atomic E-state index is 5.92. The molecule has 0 saturated heterocycles. The van der Waals surface area contributed by atoms with Crippen LogP contribution in [0.2, 0.25) is 5.02 Å². The Morgan fingerprint density at radius 1 is 1.23 bits per heavy atom. The van der Waals surface area contributed by atoms with Crippen molar-refractivity contribution in [1.29, 1.82) is 0 Å². The first kappa shape index (κ1) is 16.1. The van der Waals surface area contributed by atoms with E-state index < -0.39 is 5.41 Å². The lowest BCUT2D eigenvalue weighted by molar-refractivity contribution is 0.670. The van der Waals surface area contributed by atoms with Gasteiger partial charge in [-0.25, -0.2) is 4.98 Å². The molecule has 0 aliphatic carbocycles. The van der Waals surface area contributed by atoms with E-state index in [2.05, 4.69) is 26.8 Å². The first-order valence-electron chi connectivity index (χ1n) is 6.90. The molecule has 0 amide bonds. The minimum absolute atomic E-state index is 0.165. The first-order chi connectivity index (χ1) is 10.3. The quantitative estimate of drug-likeness (QED) is 0.831. The van der Waals surface area contributed by atoms with Gasteiger partial charge in [0.1, 0.15) is 5.82 Å². The fraction of sp³-hybridized carbons (Fsp3) is 0.312. The molecule has 0 spiro atoms. The average Bonchev–Trinajstić information content (AvgIpc) is 2.46. The SMILES string of the molecule is CCc1nc(N)nc(N)c1C#CC(C)(C)c1ccc(Cl)cn1. The number of anilines is 2. The molecule has 2 aromatic rings. The zero-order chi connectivity index (χ0) is 16.3. The monoisotopic (exact) mass is 315 g/mol. The average molecular weight is 316 g/mol. The van der Waals surface area contributed by atoms with E-state index in [9.17, 15) is 0 Å². The molecule has 0 fully saturated rings. The van der Waals surface area contributed by atoms with E-state index in [0.29, 0.717) is 22.8 Å². The lowest BCUT2D eigenvalue weighted by atomic mass is 9.89. The fourth-order valence-corrected chi connectivity index (χ4v) is 2.08. The van der Waals surface area contributed by atoms with Crippen molar-refractivity contribution in [2.24, 2.45) is 0 Å². The van der Waals surface area contributed by atoms with E-state index in [0.717, 1.165) is 11.4 Å². The third-order valence-electron chi connectivity index (χ3n) is 3.23. The third kappa shape index (κ3) is 3.46. The van der Waals surface area contributed by atoms with Crippen molar-refractivity contribution >= 4 is 23.4 Å². The zero-order valence-electron chi connectivity index (χ0n) is 12.8. The zero-order valence-corrected chi connectivity index (χ0v) is 13.6. The number of halogens is 1. The van der Waals surface area contributed by atoms with Gasteiger partial charge in [0.2, 0.25) is 5.95 Å². The second-order valence-corrected chi connectivity index (χ2v) is 5.82. The Morgan fingerprint density at radius 2 is 1.95 bits per heavy atom. The predicted octanol–water partition coefficient (Wildman–Crippen LogP) is 2.58. The number of pyridine rings is 1. The number of hydrogen-bond acceptors (Lipinski definition) is 5. The van der Waals surface area contributed by atoms with E-state index >= 15 is 0 Å². The number of aromatic nitrogens is 3. The Bertz CT molecular complexity index is 742. The molecule has 4 N–H and O–H groups in total. The highest BCUT2D eigenvalue weighted by atomic mass is 35.5. The number of hydrogen-bond donors (Lipinski definition) is 2. The summed E-state index contributed by atoms with van der Waals surface area (Å²) in [5, 5.41) is 0.594. The van der Waals surface area contributed by atoms with Crippen LogP contribution in [0.1, 0.15) is 37.7 Å². The van der Waals surface area contributed by atoms with Crippen LogP contribution >= 0.6 is 11.6 Å². The molecule has 2 heterocycles. The topological polar surface area (TPSA) is 90.7 Å². The van der Waals surface area contributed by atoms with Gasteiger partial charge in [-0.15, -0.1) is 0 Å². The van der Waals surface area contributed by atoms with Gasteiger partial charge >= 0.3 is 0 Å². The number of nitrogens with zero attached hydrogens (tertiary/aromatic N) is 3. The van der Waals surface area contributed by atoms with Crippen LogP contribution in [0, 0.1) is 11.8 Å². The normalized spacial score (nSPS) is 10.9. The minimum atomic E-state index is -0.455. The molecular weight excluding hydrogens is 298 g/mol. The van der Waals surface area contributed by atoms with Crippen LogP contribution in [0.4, 0.5) is 11.8 Å². The number of rotatable bonds is 2. The largest absolute Gasteiger partial charge is 0.382 e. The predicted molar refractivity (Wildman–Crippen MR) is 89.4 cm³/mol. The summed E-state index contributed by atoms with van der Waals surface area (Å²) < 4.78 is 0. The van der Waals surface area contributed by atoms with Crippen molar-refractivity contribution in [3.8, 4) is 11.8 Å². The van der Waals surface area contributed by atoms with E-state index in [-0.39, 0.29) is 5.95 Å². The molecule has 5 nitrogen and oxygen atoms in total. The number of nitrogen functional groups attached to an aromatic ring is 2. The highest BCUT2D eigenvalue weighted by Crippen LogP contribution is 2.22. The summed E-state index contributed by atoms with van der Waals surface area (Å²) >= 11 is 5.87. The summed E-state index contributed by atoms with van der Waals surface area (Å²) in [7, 11) is 0. The molecular formula is C16H18ClN5. The van der Waals surface area contributed by atoms with Gasteiger partial charge < -0.3 is 11.5 Å². The van der Waals surface area contributed by atoms with E-state index in [1.165, 1.54) is 0 Å². The Kier molecular flexibility index (Phi) is 4.53. The first-order valence-corrected chi connectivity index (χ1v) is 7.28. The van der Waals surface area contributed by atoms with Gasteiger partial charge in [0, 0.05) is 6.20 Å². The smallest absolute Gasteiger partial charge is 0.222 e. The molecule has 22 heavy (non-hydrogen) atoms. The number of aryl methyl sites for hydroxylation is 1. The van der Waals surface area contributed by atoms with Crippen molar-refractivity contribution < 1.29 is 0 Å². The number of nitrogens with two attached hydrogens (primary N) is 2. The fourth-order valence-electron chi connectivity index (χ4n) is 1.97. The third-order valence-corrected chi connectivity index (χ3v) is 3.46. The standard InChI is InChI=1S/C16H18ClN5/c1-4-12-11(14(18)22-15(19)21-12)7-8-16(2,3)13-6-5-10(17)9-20-13/h5-6,9H,4H2,1-3H3,(H4,18,19,21,22). The van der Waals surface area contributed by atoms with E-state index in [1.54, 1.807) is 12.3 Å². The van der Waals surface area contributed by atoms with Crippen LogP contribution < -0.4 is 11.5 Å². The van der Waals surface area contributed by atoms with Gasteiger partial charge in [0.05, 0.1) is 27.4 Å².